The summed E-state index contributed by atoms with van der Waals surface area (Å²) in [4.78, 5) is 29.0. The molecule has 0 atom stereocenters. The predicted octanol–water partition coefficient (Wildman–Crippen LogP) is 3.34. The number of carbonyl (C=O) groups is 2. The number of hydrogen-bond donors (Lipinski definition) is 0. The van der Waals surface area contributed by atoms with Crippen molar-refractivity contribution >= 4 is 29.0 Å². The average Bonchev–Trinajstić information content (AvgIpc) is 2.82. The van der Waals surface area contributed by atoms with Crippen molar-refractivity contribution in [1.82, 2.24) is 9.80 Å². The van der Waals surface area contributed by atoms with Crippen molar-refractivity contribution < 1.29 is 9.59 Å². The van der Waals surface area contributed by atoms with Gasteiger partial charge in [-0.3, -0.25) is 14.5 Å². The SMILES string of the molecule is C=CCN1C(=O)C(c2ccc(Cl)cc2)=C(N2CCC(C)CC2)C1=O. The van der Waals surface area contributed by atoms with Gasteiger partial charge in [-0.05, 0) is 36.5 Å². The summed E-state index contributed by atoms with van der Waals surface area (Å²) in [5.74, 6) is 0.174. The van der Waals surface area contributed by atoms with Gasteiger partial charge in [-0.2, -0.15) is 0 Å². The van der Waals surface area contributed by atoms with Crippen LogP contribution in [-0.2, 0) is 9.59 Å². The number of likely N-dealkylation sites (tertiary alicyclic amines) is 1. The minimum atomic E-state index is -0.254. The maximum Gasteiger partial charge on any atom is 0.278 e. The Kier molecular flexibility index (Phi) is 4.76. The molecule has 126 valence electrons. The highest BCUT2D eigenvalue weighted by atomic mass is 35.5. The molecule has 4 nitrogen and oxygen atoms in total. The molecule has 0 spiro atoms. The lowest BCUT2D eigenvalue weighted by atomic mass is 9.97. The summed E-state index contributed by atoms with van der Waals surface area (Å²) in [5, 5.41) is 0.604. The van der Waals surface area contributed by atoms with Gasteiger partial charge in [0.15, 0.2) is 0 Å². The predicted molar refractivity (Wildman–Crippen MR) is 95.3 cm³/mol. The van der Waals surface area contributed by atoms with E-state index in [1.54, 1.807) is 30.3 Å². The number of rotatable bonds is 4. The zero-order valence-electron chi connectivity index (χ0n) is 13.8. The first-order chi connectivity index (χ1) is 11.5. The van der Waals surface area contributed by atoms with E-state index in [1.807, 2.05) is 0 Å². The Balaban J connectivity index is 2.05. The molecule has 0 aliphatic carbocycles. The normalized spacial score (nSPS) is 19.4. The third-order valence-corrected chi connectivity index (χ3v) is 4.94. The standard InChI is InChI=1S/C19H21ClN2O2/c1-3-10-22-18(23)16(14-4-6-15(20)7-5-14)17(19(22)24)21-11-8-13(2)9-12-21/h3-7,13H,1,8-12H2,2H3. The summed E-state index contributed by atoms with van der Waals surface area (Å²) in [6.07, 6.45) is 3.64. The Hall–Kier alpha value is -2.07. The zero-order valence-corrected chi connectivity index (χ0v) is 14.6. The number of nitrogens with zero attached hydrogens (tertiary/aromatic N) is 2. The van der Waals surface area contributed by atoms with E-state index in [9.17, 15) is 9.59 Å². The van der Waals surface area contributed by atoms with E-state index in [-0.39, 0.29) is 18.4 Å². The van der Waals surface area contributed by atoms with Gasteiger partial charge in [-0.25, -0.2) is 0 Å². The fraction of sp³-hybridized carbons (Fsp3) is 0.368. The molecule has 1 aromatic carbocycles. The van der Waals surface area contributed by atoms with Crippen LogP contribution in [0.4, 0.5) is 0 Å². The Morgan fingerprint density at radius 1 is 1.17 bits per heavy atom. The molecule has 2 aliphatic rings. The van der Waals surface area contributed by atoms with Crippen LogP contribution in [0.25, 0.3) is 5.57 Å². The third kappa shape index (κ3) is 2.98. The van der Waals surface area contributed by atoms with Gasteiger partial charge in [-0.1, -0.05) is 36.7 Å². The van der Waals surface area contributed by atoms with E-state index in [0.29, 0.717) is 22.2 Å². The number of hydrogen-bond acceptors (Lipinski definition) is 3. The maximum atomic E-state index is 12.9. The second-order valence-corrected chi connectivity index (χ2v) is 6.85. The van der Waals surface area contributed by atoms with Crippen molar-refractivity contribution in [2.75, 3.05) is 19.6 Å². The van der Waals surface area contributed by atoms with Gasteiger partial charge in [0.1, 0.15) is 5.70 Å². The fourth-order valence-corrected chi connectivity index (χ4v) is 3.39. The number of carbonyl (C=O) groups excluding carboxylic acids is 2. The number of imide groups is 1. The molecule has 0 aromatic heterocycles. The largest absolute Gasteiger partial charge is 0.366 e. The molecule has 0 saturated carbocycles. The van der Waals surface area contributed by atoms with Crippen LogP contribution in [0, 0.1) is 5.92 Å². The van der Waals surface area contributed by atoms with Crippen LogP contribution in [0.15, 0.2) is 42.6 Å². The summed E-state index contributed by atoms with van der Waals surface area (Å²) in [7, 11) is 0. The van der Waals surface area contributed by atoms with Crippen molar-refractivity contribution in [3.8, 4) is 0 Å². The number of piperidine rings is 1. The molecule has 2 aliphatic heterocycles. The van der Waals surface area contributed by atoms with Gasteiger partial charge < -0.3 is 4.90 Å². The molecular formula is C19H21ClN2O2. The molecule has 2 amide bonds. The van der Waals surface area contributed by atoms with Crippen LogP contribution in [0.1, 0.15) is 25.3 Å². The van der Waals surface area contributed by atoms with Crippen LogP contribution in [0.5, 0.6) is 0 Å². The van der Waals surface area contributed by atoms with E-state index in [0.717, 1.165) is 31.5 Å². The molecule has 0 bridgehead atoms. The van der Waals surface area contributed by atoms with Gasteiger partial charge in [0, 0.05) is 24.7 Å². The topological polar surface area (TPSA) is 40.6 Å². The molecule has 2 heterocycles. The molecular weight excluding hydrogens is 324 g/mol. The highest BCUT2D eigenvalue weighted by molar-refractivity contribution is 6.36. The highest BCUT2D eigenvalue weighted by Gasteiger charge is 2.41. The summed E-state index contributed by atoms with van der Waals surface area (Å²) < 4.78 is 0. The summed E-state index contributed by atoms with van der Waals surface area (Å²) in [6, 6.07) is 7.08. The fourth-order valence-electron chi connectivity index (χ4n) is 3.26. The average molecular weight is 345 g/mol. The molecule has 3 rings (SSSR count). The van der Waals surface area contributed by atoms with Gasteiger partial charge in [0.2, 0.25) is 0 Å². The Morgan fingerprint density at radius 3 is 2.38 bits per heavy atom. The molecule has 1 fully saturated rings. The van der Waals surface area contributed by atoms with Crippen LogP contribution in [0.2, 0.25) is 5.02 Å². The van der Waals surface area contributed by atoms with Crippen molar-refractivity contribution in [2.45, 2.75) is 19.8 Å². The molecule has 1 aromatic rings. The Morgan fingerprint density at radius 2 is 1.79 bits per heavy atom. The molecule has 24 heavy (non-hydrogen) atoms. The molecule has 5 heteroatoms. The number of benzene rings is 1. The van der Waals surface area contributed by atoms with Crippen LogP contribution >= 0.6 is 11.6 Å². The van der Waals surface area contributed by atoms with E-state index >= 15 is 0 Å². The lowest BCUT2D eigenvalue weighted by Crippen LogP contribution is -2.38. The van der Waals surface area contributed by atoms with Crippen molar-refractivity contribution in [1.29, 1.82) is 0 Å². The molecule has 0 radical (unpaired) electrons. The van der Waals surface area contributed by atoms with Crippen molar-refractivity contribution in [3.05, 3.63) is 53.2 Å². The van der Waals surface area contributed by atoms with Gasteiger partial charge in [0.05, 0.1) is 5.57 Å². The Labute approximate surface area is 147 Å². The first-order valence-electron chi connectivity index (χ1n) is 8.25. The number of amides is 2. The van der Waals surface area contributed by atoms with E-state index in [2.05, 4.69) is 18.4 Å². The summed E-state index contributed by atoms with van der Waals surface area (Å²) in [6.45, 7) is 7.70. The van der Waals surface area contributed by atoms with E-state index in [1.165, 1.54) is 4.90 Å². The zero-order chi connectivity index (χ0) is 17.3. The van der Waals surface area contributed by atoms with Gasteiger partial charge in [-0.15, -0.1) is 6.58 Å². The smallest absolute Gasteiger partial charge is 0.278 e. The summed E-state index contributed by atoms with van der Waals surface area (Å²) >= 11 is 5.96. The Bertz CT molecular complexity index is 701. The van der Waals surface area contributed by atoms with Crippen LogP contribution < -0.4 is 0 Å². The molecule has 1 saturated heterocycles. The minimum Gasteiger partial charge on any atom is -0.366 e. The van der Waals surface area contributed by atoms with Gasteiger partial charge >= 0.3 is 0 Å². The first kappa shape index (κ1) is 16.8. The molecule has 0 N–H and O–H groups in total. The number of halogens is 1. The second kappa shape index (κ2) is 6.81. The van der Waals surface area contributed by atoms with Crippen molar-refractivity contribution in [2.24, 2.45) is 5.92 Å². The first-order valence-corrected chi connectivity index (χ1v) is 8.63. The monoisotopic (exact) mass is 344 g/mol. The second-order valence-electron chi connectivity index (χ2n) is 6.41. The summed E-state index contributed by atoms with van der Waals surface area (Å²) in [5.41, 5.74) is 1.74. The van der Waals surface area contributed by atoms with Crippen molar-refractivity contribution in [3.63, 3.8) is 0 Å². The highest BCUT2D eigenvalue weighted by Crippen LogP contribution is 2.34. The third-order valence-electron chi connectivity index (χ3n) is 4.69. The quantitative estimate of drug-likeness (QED) is 0.621. The lowest BCUT2D eigenvalue weighted by Gasteiger charge is -2.32. The van der Waals surface area contributed by atoms with Crippen LogP contribution in [-0.4, -0.2) is 41.2 Å². The lowest BCUT2D eigenvalue weighted by molar-refractivity contribution is -0.137. The minimum absolute atomic E-state index is 0.223. The van der Waals surface area contributed by atoms with Crippen LogP contribution in [0.3, 0.4) is 0 Å². The maximum absolute atomic E-state index is 12.9. The molecule has 0 unspecified atom stereocenters. The van der Waals surface area contributed by atoms with E-state index < -0.39 is 0 Å². The van der Waals surface area contributed by atoms with E-state index in [4.69, 9.17) is 11.6 Å². The van der Waals surface area contributed by atoms with Gasteiger partial charge in [0.25, 0.3) is 11.8 Å².